The minimum absolute atomic E-state index is 0.162. The molecule has 33 heavy (non-hydrogen) atoms. The summed E-state index contributed by atoms with van der Waals surface area (Å²) >= 11 is 0. The number of aromatic amines is 1. The van der Waals surface area contributed by atoms with E-state index >= 15 is 0 Å². The molecule has 1 heterocycles. The van der Waals surface area contributed by atoms with Crippen LogP contribution in [-0.2, 0) is 6.54 Å². The summed E-state index contributed by atoms with van der Waals surface area (Å²) in [6.45, 7) is 0.390. The lowest BCUT2D eigenvalue weighted by Gasteiger charge is -2.09. The van der Waals surface area contributed by atoms with Gasteiger partial charge in [0.05, 0.1) is 33.2 Å². The molecule has 1 amide bonds. The molecule has 4 aromatic rings. The molecule has 0 saturated heterocycles. The molecular formula is C26H25N3O4. The second-order valence-corrected chi connectivity index (χ2v) is 7.33. The van der Waals surface area contributed by atoms with E-state index < -0.39 is 0 Å². The molecule has 0 fully saturated rings. The summed E-state index contributed by atoms with van der Waals surface area (Å²) in [5, 5.41) is 2.95. The van der Waals surface area contributed by atoms with Crippen molar-refractivity contribution in [3.8, 4) is 39.9 Å². The number of methoxy groups -OCH3 is 3. The molecule has 1 aromatic heterocycles. The molecule has 7 nitrogen and oxygen atoms in total. The fourth-order valence-corrected chi connectivity index (χ4v) is 3.51. The summed E-state index contributed by atoms with van der Waals surface area (Å²) < 4.78 is 16.0. The van der Waals surface area contributed by atoms with Crippen LogP contribution in [0.15, 0.2) is 72.9 Å². The number of carbonyl (C=O) groups is 1. The monoisotopic (exact) mass is 443 g/mol. The van der Waals surface area contributed by atoms with Gasteiger partial charge in [0.1, 0.15) is 23.1 Å². The highest BCUT2D eigenvalue weighted by Crippen LogP contribution is 2.33. The second kappa shape index (κ2) is 9.91. The maximum absolute atomic E-state index is 12.5. The van der Waals surface area contributed by atoms with Gasteiger partial charge in [-0.25, -0.2) is 4.98 Å². The van der Waals surface area contributed by atoms with Gasteiger partial charge in [0.25, 0.3) is 5.91 Å². The van der Waals surface area contributed by atoms with Gasteiger partial charge in [-0.3, -0.25) is 4.79 Å². The van der Waals surface area contributed by atoms with Crippen LogP contribution in [0.4, 0.5) is 0 Å². The second-order valence-electron chi connectivity index (χ2n) is 7.33. The van der Waals surface area contributed by atoms with Gasteiger partial charge in [0, 0.05) is 23.2 Å². The number of nitrogens with one attached hydrogen (secondary N) is 2. The van der Waals surface area contributed by atoms with Crippen molar-refractivity contribution in [2.24, 2.45) is 0 Å². The van der Waals surface area contributed by atoms with E-state index in [0.717, 1.165) is 39.7 Å². The Morgan fingerprint density at radius 2 is 1.70 bits per heavy atom. The minimum Gasteiger partial charge on any atom is -0.497 e. The molecule has 3 aromatic carbocycles. The third-order valence-corrected chi connectivity index (χ3v) is 5.26. The molecule has 7 heteroatoms. The zero-order valence-electron chi connectivity index (χ0n) is 18.7. The fourth-order valence-electron chi connectivity index (χ4n) is 3.51. The molecule has 0 aliphatic rings. The van der Waals surface area contributed by atoms with E-state index in [4.69, 9.17) is 14.2 Å². The highest BCUT2D eigenvalue weighted by atomic mass is 16.5. The summed E-state index contributed by atoms with van der Waals surface area (Å²) in [6, 6.07) is 20.6. The molecule has 0 spiro atoms. The maximum Gasteiger partial charge on any atom is 0.251 e. The van der Waals surface area contributed by atoms with E-state index in [1.54, 1.807) is 51.8 Å². The van der Waals surface area contributed by atoms with E-state index in [-0.39, 0.29) is 5.91 Å². The van der Waals surface area contributed by atoms with Crippen LogP contribution in [0.25, 0.3) is 22.6 Å². The molecular weight excluding hydrogens is 418 g/mol. The Bertz CT molecular complexity index is 1270. The Balaban J connectivity index is 1.51. The zero-order chi connectivity index (χ0) is 23.2. The van der Waals surface area contributed by atoms with Crippen molar-refractivity contribution in [1.29, 1.82) is 0 Å². The number of benzene rings is 3. The first kappa shape index (κ1) is 22.0. The number of rotatable bonds is 8. The third kappa shape index (κ3) is 4.98. The Morgan fingerprint density at radius 3 is 2.48 bits per heavy atom. The summed E-state index contributed by atoms with van der Waals surface area (Å²) in [7, 11) is 4.83. The molecule has 4 rings (SSSR count). The van der Waals surface area contributed by atoms with Gasteiger partial charge in [-0.2, -0.15) is 0 Å². The number of hydrogen-bond donors (Lipinski definition) is 2. The van der Waals surface area contributed by atoms with E-state index in [1.807, 2.05) is 42.5 Å². The molecule has 0 bridgehead atoms. The van der Waals surface area contributed by atoms with Crippen molar-refractivity contribution in [2.45, 2.75) is 6.54 Å². The predicted molar refractivity (Wildman–Crippen MR) is 127 cm³/mol. The van der Waals surface area contributed by atoms with E-state index in [0.29, 0.717) is 17.9 Å². The lowest BCUT2D eigenvalue weighted by molar-refractivity contribution is 0.0950. The Labute approximate surface area is 192 Å². The molecule has 0 unspecified atom stereocenters. The quantitative estimate of drug-likeness (QED) is 0.412. The predicted octanol–water partition coefficient (Wildman–Crippen LogP) is 4.70. The van der Waals surface area contributed by atoms with Crippen LogP contribution >= 0.6 is 0 Å². The van der Waals surface area contributed by atoms with Crippen LogP contribution in [-0.4, -0.2) is 37.2 Å². The Kier molecular flexibility index (Phi) is 6.59. The van der Waals surface area contributed by atoms with Gasteiger partial charge in [-0.15, -0.1) is 0 Å². The molecule has 168 valence electrons. The molecule has 0 aliphatic carbocycles. The van der Waals surface area contributed by atoms with Crippen molar-refractivity contribution in [2.75, 3.05) is 21.3 Å². The van der Waals surface area contributed by atoms with Crippen LogP contribution in [0, 0.1) is 0 Å². The number of H-pyrrole nitrogens is 1. The molecule has 2 N–H and O–H groups in total. The Morgan fingerprint density at radius 1 is 0.909 bits per heavy atom. The molecule has 0 saturated carbocycles. The lowest BCUT2D eigenvalue weighted by Crippen LogP contribution is -2.22. The van der Waals surface area contributed by atoms with Crippen molar-refractivity contribution >= 4 is 5.91 Å². The standard InChI is InChI=1S/C26H25N3O4/c1-31-20-9-5-8-19(13-20)26(30)28-15-17-6-4-7-18(12-17)25-27-16-23(29-25)22-14-21(32-2)10-11-24(22)33-3/h4-14,16H,15H2,1-3H3,(H,27,29)(H,28,30). The zero-order valence-corrected chi connectivity index (χ0v) is 18.7. The topological polar surface area (TPSA) is 85.5 Å². The van der Waals surface area contributed by atoms with Crippen molar-refractivity contribution in [3.63, 3.8) is 0 Å². The number of hydrogen-bond acceptors (Lipinski definition) is 5. The first-order valence-corrected chi connectivity index (χ1v) is 10.4. The normalized spacial score (nSPS) is 10.5. The molecule has 0 aliphatic heterocycles. The smallest absolute Gasteiger partial charge is 0.251 e. The Hall–Kier alpha value is -4.26. The highest BCUT2D eigenvalue weighted by molar-refractivity contribution is 5.94. The van der Waals surface area contributed by atoms with Gasteiger partial charge >= 0.3 is 0 Å². The van der Waals surface area contributed by atoms with E-state index in [2.05, 4.69) is 15.3 Å². The third-order valence-electron chi connectivity index (χ3n) is 5.26. The van der Waals surface area contributed by atoms with Crippen LogP contribution in [0.3, 0.4) is 0 Å². The van der Waals surface area contributed by atoms with Crippen LogP contribution in [0.2, 0.25) is 0 Å². The van der Waals surface area contributed by atoms with Crippen LogP contribution < -0.4 is 19.5 Å². The van der Waals surface area contributed by atoms with Gasteiger partial charge in [0.15, 0.2) is 0 Å². The summed E-state index contributed by atoms with van der Waals surface area (Å²) in [4.78, 5) is 20.4. The molecule has 0 radical (unpaired) electrons. The average Bonchev–Trinajstić information content (AvgIpc) is 3.37. The summed E-state index contributed by atoms with van der Waals surface area (Å²) in [5.74, 6) is 2.65. The van der Waals surface area contributed by atoms with Gasteiger partial charge in [-0.05, 0) is 48.0 Å². The first-order valence-electron chi connectivity index (χ1n) is 10.4. The number of carbonyl (C=O) groups excluding carboxylic acids is 1. The number of amides is 1. The van der Waals surface area contributed by atoms with Gasteiger partial charge < -0.3 is 24.5 Å². The SMILES string of the molecule is COc1cccc(C(=O)NCc2cccc(-c3ncc(-c4cc(OC)ccc4OC)[nH]3)c2)c1. The number of nitrogens with zero attached hydrogens (tertiary/aromatic N) is 1. The van der Waals surface area contributed by atoms with E-state index in [1.165, 1.54) is 0 Å². The van der Waals surface area contributed by atoms with Crippen LogP contribution in [0.5, 0.6) is 17.2 Å². The van der Waals surface area contributed by atoms with Gasteiger partial charge in [0.2, 0.25) is 0 Å². The molecule has 0 atom stereocenters. The summed E-state index contributed by atoms with van der Waals surface area (Å²) in [5.41, 5.74) is 4.10. The number of ether oxygens (including phenoxy) is 3. The van der Waals surface area contributed by atoms with Crippen LogP contribution in [0.1, 0.15) is 15.9 Å². The minimum atomic E-state index is -0.162. The summed E-state index contributed by atoms with van der Waals surface area (Å²) in [6.07, 6.45) is 1.77. The van der Waals surface area contributed by atoms with Crippen molar-refractivity contribution in [3.05, 3.63) is 84.1 Å². The van der Waals surface area contributed by atoms with Gasteiger partial charge in [-0.1, -0.05) is 24.3 Å². The number of imidazole rings is 1. The van der Waals surface area contributed by atoms with Crippen molar-refractivity contribution in [1.82, 2.24) is 15.3 Å². The van der Waals surface area contributed by atoms with Crippen molar-refractivity contribution < 1.29 is 19.0 Å². The average molecular weight is 444 g/mol. The first-order chi connectivity index (χ1) is 16.1. The highest BCUT2D eigenvalue weighted by Gasteiger charge is 2.12. The largest absolute Gasteiger partial charge is 0.497 e. The number of aromatic nitrogens is 2. The van der Waals surface area contributed by atoms with E-state index in [9.17, 15) is 4.79 Å². The fraction of sp³-hybridized carbons (Fsp3) is 0.154. The lowest BCUT2D eigenvalue weighted by atomic mass is 10.1. The maximum atomic E-state index is 12.5.